The van der Waals surface area contributed by atoms with E-state index in [0.29, 0.717) is 33.3 Å². The Labute approximate surface area is 164 Å². The van der Waals surface area contributed by atoms with Crippen LogP contribution in [-0.2, 0) is 4.74 Å². The van der Waals surface area contributed by atoms with Crippen LogP contribution < -0.4 is 11.3 Å². The Kier molecular flexibility index (Phi) is 4.26. The molecule has 0 saturated carbocycles. The van der Waals surface area contributed by atoms with E-state index in [1.807, 2.05) is 19.9 Å². The van der Waals surface area contributed by atoms with Crippen LogP contribution in [0.25, 0.3) is 32.8 Å². The van der Waals surface area contributed by atoms with Crippen molar-refractivity contribution in [1.82, 2.24) is 4.98 Å². The summed E-state index contributed by atoms with van der Waals surface area (Å²) in [5.41, 5.74) is 2.38. The van der Waals surface area contributed by atoms with Gasteiger partial charge in [-0.15, -0.1) is 0 Å². The summed E-state index contributed by atoms with van der Waals surface area (Å²) >= 11 is 0. The maximum atomic E-state index is 12.8. The molecule has 7 nitrogen and oxygen atoms in total. The molecular weight excluding hydrogens is 374 g/mol. The zero-order valence-electron chi connectivity index (χ0n) is 16.8. The number of fused-ring (bicyclic) bond motifs is 5. The molecule has 0 aliphatic rings. The molecular formula is C22H19NO6. The second-order valence-electron chi connectivity index (χ2n) is 7.05. The highest BCUT2D eigenvalue weighted by Gasteiger charge is 2.24. The molecule has 4 rings (SSSR count). The summed E-state index contributed by atoms with van der Waals surface area (Å²) in [7, 11) is 0. The third-order valence-electron chi connectivity index (χ3n) is 5.12. The van der Waals surface area contributed by atoms with Gasteiger partial charge in [0.1, 0.15) is 5.58 Å². The van der Waals surface area contributed by atoms with Gasteiger partial charge in [0.15, 0.2) is 5.58 Å². The smallest absolute Gasteiger partial charge is 0.346 e. The minimum absolute atomic E-state index is 0.169. The van der Waals surface area contributed by atoms with Crippen LogP contribution in [0.3, 0.4) is 0 Å². The van der Waals surface area contributed by atoms with Crippen LogP contribution in [0.4, 0.5) is 0 Å². The van der Waals surface area contributed by atoms with Gasteiger partial charge in [0.2, 0.25) is 0 Å². The molecule has 0 aliphatic carbocycles. The van der Waals surface area contributed by atoms with E-state index in [9.17, 15) is 14.4 Å². The maximum absolute atomic E-state index is 12.8. The summed E-state index contributed by atoms with van der Waals surface area (Å²) in [6.07, 6.45) is 0. The average molecular weight is 393 g/mol. The molecule has 3 heterocycles. The predicted octanol–water partition coefficient (Wildman–Crippen LogP) is 3.86. The number of carbonyl (C=O) groups excluding carboxylic acids is 1. The Balaban J connectivity index is 2.31. The molecule has 0 fully saturated rings. The van der Waals surface area contributed by atoms with E-state index in [-0.39, 0.29) is 17.6 Å². The van der Waals surface area contributed by atoms with Crippen molar-refractivity contribution in [2.45, 2.75) is 34.6 Å². The van der Waals surface area contributed by atoms with Gasteiger partial charge in [0.05, 0.1) is 34.2 Å². The second-order valence-corrected chi connectivity index (χ2v) is 7.05. The number of hydrogen-bond donors (Lipinski definition) is 0. The van der Waals surface area contributed by atoms with Gasteiger partial charge >= 0.3 is 17.2 Å². The van der Waals surface area contributed by atoms with E-state index in [4.69, 9.17) is 13.6 Å². The van der Waals surface area contributed by atoms with E-state index in [2.05, 4.69) is 4.98 Å². The highest BCUT2D eigenvalue weighted by atomic mass is 16.5. The number of esters is 1. The van der Waals surface area contributed by atoms with Crippen LogP contribution in [0, 0.1) is 27.7 Å². The first-order valence-electron chi connectivity index (χ1n) is 9.23. The van der Waals surface area contributed by atoms with Crippen molar-refractivity contribution in [3.8, 4) is 0 Å². The summed E-state index contributed by atoms with van der Waals surface area (Å²) in [5, 5.41) is 1.34. The number of carbonyl (C=O) groups is 1. The first-order chi connectivity index (χ1) is 13.7. The van der Waals surface area contributed by atoms with Gasteiger partial charge in [-0.3, -0.25) is 4.98 Å². The first-order valence-corrected chi connectivity index (χ1v) is 9.23. The Morgan fingerprint density at radius 3 is 2.41 bits per heavy atom. The van der Waals surface area contributed by atoms with E-state index in [0.717, 1.165) is 16.5 Å². The molecule has 0 amide bonds. The fraction of sp³-hybridized carbons (Fsp3) is 0.273. The number of ether oxygens (including phenoxy) is 1. The standard InChI is InChI=1S/C22H19NO6/c1-6-27-21(25)15-11(4)16-18(23-12(15)5)17-19(29-22(16)26)10(3)7-13-9(2)8-14(24)28-20(13)17/h7-8H,6H2,1-5H3. The van der Waals surface area contributed by atoms with Crippen LogP contribution >= 0.6 is 0 Å². The summed E-state index contributed by atoms with van der Waals surface area (Å²) in [4.78, 5) is 41.8. The van der Waals surface area contributed by atoms with Gasteiger partial charge in [-0.1, -0.05) is 0 Å². The first kappa shape index (κ1) is 18.9. The lowest BCUT2D eigenvalue weighted by atomic mass is 9.98. The fourth-order valence-corrected chi connectivity index (χ4v) is 3.84. The molecule has 1 aromatic carbocycles. The average Bonchev–Trinajstić information content (AvgIpc) is 2.62. The molecule has 0 bridgehead atoms. The normalized spacial score (nSPS) is 11.5. The summed E-state index contributed by atoms with van der Waals surface area (Å²) in [6, 6.07) is 3.23. The lowest BCUT2D eigenvalue weighted by molar-refractivity contribution is 0.0524. The van der Waals surface area contributed by atoms with Crippen LogP contribution in [0.2, 0.25) is 0 Å². The van der Waals surface area contributed by atoms with E-state index < -0.39 is 17.2 Å². The molecule has 0 radical (unpaired) electrons. The van der Waals surface area contributed by atoms with Crippen LogP contribution in [0.5, 0.6) is 0 Å². The minimum atomic E-state index is -0.611. The largest absolute Gasteiger partial charge is 0.462 e. The number of rotatable bonds is 2. The topological polar surface area (TPSA) is 99.6 Å². The molecule has 0 N–H and O–H groups in total. The van der Waals surface area contributed by atoms with Gasteiger partial charge in [-0.25, -0.2) is 14.4 Å². The van der Waals surface area contributed by atoms with Crippen molar-refractivity contribution >= 4 is 38.8 Å². The third-order valence-corrected chi connectivity index (χ3v) is 5.12. The minimum Gasteiger partial charge on any atom is -0.462 e. The number of aryl methyl sites for hydroxylation is 4. The van der Waals surface area contributed by atoms with Crippen molar-refractivity contribution in [2.24, 2.45) is 0 Å². The number of hydrogen-bond acceptors (Lipinski definition) is 7. The maximum Gasteiger partial charge on any atom is 0.346 e. The molecule has 3 aromatic heterocycles. The molecule has 148 valence electrons. The third kappa shape index (κ3) is 2.73. The zero-order valence-corrected chi connectivity index (χ0v) is 16.8. The monoisotopic (exact) mass is 393 g/mol. The number of aromatic nitrogens is 1. The Morgan fingerprint density at radius 2 is 1.72 bits per heavy atom. The zero-order chi connectivity index (χ0) is 21.0. The SMILES string of the molecule is CCOC(=O)c1c(C)nc2c(c1C)c(=O)oc1c(C)cc3c(C)cc(=O)oc3c12. The van der Waals surface area contributed by atoms with Crippen LogP contribution in [-0.4, -0.2) is 17.6 Å². The molecule has 0 aliphatic heterocycles. The quantitative estimate of drug-likeness (QED) is 0.290. The highest BCUT2D eigenvalue weighted by Crippen LogP contribution is 2.34. The molecule has 4 aromatic rings. The lowest BCUT2D eigenvalue weighted by Crippen LogP contribution is -2.14. The highest BCUT2D eigenvalue weighted by molar-refractivity contribution is 6.17. The van der Waals surface area contributed by atoms with E-state index in [1.165, 1.54) is 6.07 Å². The van der Waals surface area contributed by atoms with Gasteiger partial charge < -0.3 is 13.6 Å². The van der Waals surface area contributed by atoms with Gasteiger partial charge in [0, 0.05) is 11.5 Å². The molecule has 0 unspecified atom stereocenters. The Hall–Kier alpha value is -3.48. The lowest BCUT2D eigenvalue weighted by Gasteiger charge is -2.13. The van der Waals surface area contributed by atoms with Crippen molar-refractivity contribution < 1.29 is 18.4 Å². The van der Waals surface area contributed by atoms with Crippen molar-refractivity contribution in [1.29, 1.82) is 0 Å². The van der Waals surface area contributed by atoms with Crippen molar-refractivity contribution in [3.63, 3.8) is 0 Å². The number of pyridine rings is 1. The summed E-state index contributed by atoms with van der Waals surface area (Å²) < 4.78 is 16.2. The van der Waals surface area contributed by atoms with Crippen molar-refractivity contribution in [3.05, 3.63) is 60.9 Å². The summed E-state index contributed by atoms with van der Waals surface area (Å²) in [6.45, 7) is 8.88. The fourth-order valence-electron chi connectivity index (χ4n) is 3.84. The molecule has 0 spiro atoms. The molecule has 29 heavy (non-hydrogen) atoms. The summed E-state index contributed by atoms with van der Waals surface area (Å²) in [5.74, 6) is -0.548. The van der Waals surface area contributed by atoms with Gasteiger partial charge in [0.25, 0.3) is 0 Å². The Morgan fingerprint density at radius 1 is 1.00 bits per heavy atom. The number of nitrogens with zero attached hydrogens (tertiary/aromatic N) is 1. The van der Waals surface area contributed by atoms with Crippen LogP contribution in [0.1, 0.15) is 39.7 Å². The number of benzene rings is 1. The molecule has 7 heteroatoms. The van der Waals surface area contributed by atoms with Gasteiger partial charge in [-0.05, 0) is 57.4 Å². The molecule has 0 saturated heterocycles. The van der Waals surface area contributed by atoms with Crippen LogP contribution in [0.15, 0.2) is 30.6 Å². The second kappa shape index (κ2) is 6.55. The van der Waals surface area contributed by atoms with Gasteiger partial charge in [-0.2, -0.15) is 0 Å². The van der Waals surface area contributed by atoms with Crippen molar-refractivity contribution in [2.75, 3.05) is 6.61 Å². The Bertz CT molecular complexity index is 1460. The van der Waals surface area contributed by atoms with E-state index >= 15 is 0 Å². The van der Waals surface area contributed by atoms with E-state index in [1.54, 1.807) is 20.8 Å². The predicted molar refractivity (Wildman–Crippen MR) is 109 cm³/mol. The molecule has 0 atom stereocenters.